The van der Waals surface area contributed by atoms with Gasteiger partial charge in [0.1, 0.15) is 30.2 Å². The fourth-order valence-corrected chi connectivity index (χ4v) is 7.53. The van der Waals surface area contributed by atoms with Gasteiger partial charge in [0.15, 0.2) is 0 Å². The van der Waals surface area contributed by atoms with Crippen molar-refractivity contribution in [1.29, 1.82) is 0 Å². The van der Waals surface area contributed by atoms with Crippen molar-refractivity contribution in [2.24, 2.45) is 17.6 Å². The number of fused-ring (bicyclic) bond motifs is 1. The van der Waals surface area contributed by atoms with Crippen molar-refractivity contribution in [3.8, 4) is 0 Å². The molecule has 11 nitrogen and oxygen atoms in total. The number of benzene rings is 2. The number of primary amides is 1. The van der Waals surface area contributed by atoms with Gasteiger partial charge in [-0.15, -0.1) is 0 Å². The summed E-state index contributed by atoms with van der Waals surface area (Å²) in [5, 5.41) is 3.46. The number of hydrogen-bond acceptors (Lipinski definition) is 7. The number of alkyl carbamates (subject to hydrolysis) is 1. The van der Waals surface area contributed by atoms with Crippen molar-refractivity contribution >= 4 is 34.8 Å². The molecule has 2 aromatic carbocycles. The number of nitrogens with zero attached hydrogens (tertiary/aromatic N) is 2. The van der Waals surface area contributed by atoms with Crippen LogP contribution in [0.3, 0.4) is 0 Å². The van der Waals surface area contributed by atoms with E-state index in [1.165, 1.54) is 0 Å². The van der Waals surface area contributed by atoms with Gasteiger partial charge in [0, 0.05) is 37.4 Å². The van der Waals surface area contributed by atoms with Crippen molar-refractivity contribution in [2.45, 2.75) is 89.1 Å². The highest BCUT2D eigenvalue weighted by atomic mass is 19.1. The second-order valence-electron chi connectivity index (χ2n) is 14.3. The molecule has 1 aliphatic heterocycles. The van der Waals surface area contributed by atoms with Gasteiger partial charge in [-0.1, -0.05) is 48.5 Å². The molecule has 1 aromatic heterocycles. The van der Waals surface area contributed by atoms with Crippen molar-refractivity contribution in [3.63, 3.8) is 0 Å². The number of aromatic nitrogens is 1. The van der Waals surface area contributed by atoms with E-state index in [2.05, 4.69) is 5.32 Å². The van der Waals surface area contributed by atoms with Crippen LogP contribution in [-0.4, -0.2) is 78.0 Å². The van der Waals surface area contributed by atoms with E-state index in [0.29, 0.717) is 45.1 Å². The number of amides is 3. The van der Waals surface area contributed by atoms with Gasteiger partial charge in [-0.3, -0.25) is 9.59 Å². The molecular formula is C38H49FN4O7. The molecule has 1 aliphatic carbocycles. The molecule has 2 unspecified atom stereocenters. The topological polar surface area (TPSA) is 142 Å². The lowest BCUT2D eigenvalue weighted by atomic mass is 9.78. The lowest BCUT2D eigenvalue weighted by molar-refractivity contribution is -0.146. The average Bonchev–Trinajstić information content (AvgIpc) is 3.68. The first-order valence-corrected chi connectivity index (χ1v) is 17.4. The molecule has 270 valence electrons. The molecule has 3 N–H and O–H groups in total. The van der Waals surface area contributed by atoms with Crippen LogP contribution in [0.15, 0.2) is 60.7 Å². The van der Waals surface area contributed by atoms with Gasteiger partial charge in [-0.2, -0.15) is 0 Å². The Morgan fingerprint density at radius 1 is 0.980 bits per heavy atom. The number of rotatable bonds is 12. The fourth-order valence-electron chi connectivity index (χ4n) is 7.53. The van der Waals surface area contributed by atoms with Crippen LogP contribution in [0, 0.1) is 11.8 Å². The Bertz CT molecular complexity index is 1650. The highest BCUT2D eigenvalue weighted by Crippen LogP contribution is 2.47. The van der Waals surface area contributed by atoms with E-state index in [-0.39, 0.29) is 24.1 Å². The van der Waals surface area contributed by atoms with Crippen molar-refractivity contribution in [3.05, 3.63) is 71.9 Å². The van der Waals surface area contributed by atoms with E-state index in [9.17, 15) is 23.6 Å². The number of para-hydroxylation sites is 1. The molecule has 3 amide bonds. The number of esters is 1. The van der Waals surface area contributed by atoms with Crippen LogP contribution >= 0.6 is 0 Å². The summed E-state index contributed by atoms with van der Waals surface area (Å²) in [4.78, 5) is 55.8. The zero-order valence-corrected chi connectivity index (χ0v) is 29.3. The lowest BCUT2D eigenvalue weighted by Gasteiger charge is -2.38. The van der Waals surface area contributed by atoms with Crippen LogP contribution in [0.25, 0.3) is 10.9 Å². The van der Waals surface area contributed by atoms with Gasteiger partial charge in [-0.05, 0) is 76.5 Å². The zero-order valence-electron chi connectivity index (χ0n) is 29.3. The summed E-state index contributed by atoms with van der Waals surface area (Å²) >= 11 is 0. The minimum atomic E-state index is -0.980. The second kappa shape index (κ2) is 16.1. The summed E-state index contributed by atoms with van der Waals surface area (Å²) in [6.45, 7) is 5.06. The molecule has 2 aliphatic rings. The number of methoxy groups -OCH3 is 1. The molecule has 12 heteroatoms. The average molecular weight is 693 g/mol. The minimum Gasteiger partial charge on any atom is -0.461 e. The SMILES string of the molecule is COCCCOC(=O)c1cc2ccccc2n1C1C[C@H](c2ccccc2)[C@@H](C(N)=O)N1C(=O)C1CCC(C(CF)NC(=O)OC(C)(C)C)CC1. The Balaban J connectivity index is 1.47. The Morgan fingerprint density at radius 3 is 2.30 bits per heavy atom. The molecular weight excluding hydrogens is 643 g/mol. The van der Waals surface area contributed by atoms with E-state index in [1.54, 1.807) is 38.8 Å². The monoisotopic (exact) mass is 692 g/mol. The smallest absolute Gasteiger partial charge is 0.407 e. The molecule has 4 atom stereocenters. The molecule has 1 saturated carbocycles. The molecule has 0 spiro atoms. The highest BCUT2D eigenvalue weighted by molar-refractivity contribution is 5.96. The summed E-state index contributed by atoms with van der Waals surface area (Å²) in [5.74, 6) is -2.52. The molecule has 2 fully saturated rings. The first-order chi connectivity index (χ1) is 23.9. The number of carbonyl (C=O) groups is 4. The number of hydrogen-bond donors (Lipinski definition) is 2. The number of ether oxygens (including phenoxy) is 3. The standard InChI is InChI=1S/C38H49FN4O7/c1-38(2,3)50-37(47)41-29(23-39)25-15-17-26(18-16-25)35(45)43-32(22-28(33(43)34(40)44)24-11-6-5-7-12-24)42-30-14-9-8-13-27(30)21-31(42)36(46)49-20-10-19-48-4/h5-9,11-14,21,25-26,28-29,32-33H,10,15-20,22-23H2,1-4H3,(H2,40,44)(H,41,47)/t25?,26?,28-,29?,32?,33+/m1/s1. The normalized spacial score (nSPS) is 23.0. The molecule has 2 heterocycles. The van der Waals surface area contributed by atoms with Crippen molar-refractivity contribution in [2.75, 3.05) is 27.0 Å². The van der Waals surface area contributed by atoms with Gasteiger partial charge in [0.05, 0.1) is 18.2 Å². The quantitative estimate of drug-likeness (QED) is 0.179. The Labute approximate surface area is 292 Å². The third-order valence-electron chi connectivity index (χ3n) is 9.78. The largest absolute Gasteiger partial charge is 0.461 e. The van der Waals surface area contributed by atoms with Crippen LogP contribution in [0.5, 0.6) is 0 Å². The molecule has 3 aromatic rings. The number of likely N-dealkylation sites (tertiary alicyclic amines) is 1. The third-order valence-corrected chi connectivity index (χ3v) is 9.78. The predicted molar refractivity (Wildman–Crippen MR) is 186 cm³/mol. The van der Waals surface area contributed by atoms with Gasteiger partial charge >= 0.3 is 12.1 Å². The maximum Gasteiger partial charge on any atom is 0.407 e. The van der Waals surface area contributed by atoms with Crippen LogP contribution in [-0.2, 0) is 23.8 Å². The summed E-state index contributed by atoms with van der Waals surface area (Å²) in [5.41, 5.74) is 7.26. The van der Waals surface area contributed by atoms with Gasteiger partial charge in [-0.25, -0.2) is 14.0 Å². The van der Waals surface area contributed by atoms with Gasteiger partial charge in [0.25, 0.3) is 0 Å². The number of carbonyl (C=O) groups excluding carboxylic acids is 4. The molecule has 0 radical (unpaired) electrons. The van der Waals surface area contributed by atoms with E-state index in [1.807, 2.05) is 59.2 Å². The predicted octanol–water partition coefficient (Wildman–Crippen LogP) is 5.87. The maximum absolute atomic E-state index is 14.8. The lowest BCUT2D eigenvalue weighted by Crippen LogP contribution is -2.51. The van der Waals surface area contributed by atoms with Crippen LogP contribution < -0.4 is 11.1 Å². The van der Waals surface area contributed by atoms with Crippen LogP contribution in [0.1, 0.15) is 87.4 Å². The van der Waals surface area contributed by atoms with Crippen molar-refractivity contribution in [1.82, 2.24) is 14.8 Å². The molecule has 0 bridgehead atoms. The Morgan fingerprint density at radius 2 is 1.66 bits per heavy atom. The van der Waals surface area contributed by atoms with Gasteiger partial charge < -0.3 is 34.7 Å². The van der Waals surface area contributed by atoms with Crippen molar-refractivity contribution < 1.29 is 37.8 Å². The molecule has 50 heavy (non-hydrogen) atoms. The van der Waals surface area contributed by atoms with Crippen LogP contribution in [0.2, 0.25) is 0 Å². The Kier molecular flexibility index (Phi) is 11.8. The summed E-state index contributed by atoms with van der Waals surface area (Å²) in [6, 6.07) is 17.0. The highest BCUT2D eigenvalue weighted by Gasteiger charge is 2.51. The summed E-state index contributed by atoms with van der Waals surface area (Å²) in [7, 11) is 1.58. The fraction of sp³-hybridized carbons (Fsp3) is 0.526. The van der Waals surface area contributed by atoms with Crippen LogP contribution in [0.4, 0.5) is 9.18 Å². The first kappa shape index (κ1) is 36.8. The van der Waals surface area contributed by atoms with E-state index < -0.39 is 60.3 Å². The number of nitrogens with one attached hydrogen (secondary N) is 1. The maximum atomic E-state index is 14.8. The molecule has 1 saturated heterocycles. The zero-order chi connectivity index (χ0) is 36.0. The van der Waals surface area contributed by atoms with E-state index in [0.717, 1.165) is 16.5 Å². The number of alkyl halides is 1. The third kappa shape index (κ3) is 8.29. The number of halogens is 1. The van der Waals surface area contributed by atoms with E-state index in [4.69, 9.17) is 19.9 Å². The summed E-state index contributed by atoms with van der Waals surface area (Å²) in [6.07, 6.45) is 1.31. The number of nitrogens with two attached hydrogens (primary N) is 1. The second-order valence-corrected chi connectivity index (χ2v) is 14.3. The van der Waals surface area contributed by atoms with Gasteiger partial charge in [0.2, 0.25) is 11.8 Å². The Hall–Kier alpha value is -4.45. The molecule has 5 rings (SSSR count). The minimum absolute atomic E-state index is 0.157. The van der Waals surface area contributed by atoms with E-state index >= 15 is 0 Å². The first-order valence-electron chi connectivity index (χ1n) is 17.4. The summed E-state index contributed by atoms with van der Waals surface area (Å²) < 4.78 is 32.1.